The summed E-state index contributed by atoms with van der Waals surface area (Å²) >= 11 is 0.833. The van der Waals surface area contributed by atoms with Crippen LogP contribution in [0.25, 0.3) is 4.83 Å². The molecule has 0 saturated heterocycles. The zero-order chi connectivity index (χ0) is 11.9. The normalized spacial score (nSPS) is 12.2. The van der Waals surface area contributed by atoms with Crippen LogP contribution in [0.2, 0.25) is 0 Å². The molecule has 0 fully saturated rings. The van der Waals surface area contributed by atoms with Gasteiger partial charge in [-0.2, -0.15) is 13.2 Å². The van der Waals surface area contributed by atoms with Crippen LogP contribution in [0.15, 0.2) is 11.7 Å². The van der Waals surface area contributed by atoms with E-state index in [0.29, 0.717) is 0 Å². The third-order valence-electron chi connectivity index (χ3n) is 1.94. The zero-order valence-corrected chi connectivity index (χ0v) is 8.47. The number of nitrogens with zero attached hydrogens (tertiary/aromatic N) is 2. The van der Waals surface area contributed by atoms with Crippen LogP contribution in [0, 0.1) is 0 Å². The summed E-state index contributed by atoms with van der Waals surface area (Å²) in [5.74, 6) is -1.10. The predicted molar refractivity (Wildman–Crippen MR) is 49.4 cm³/mol. The molecule has 0 bridgehead atoms. The summed E-state index contributed by atoms with van der Waals surface area (Å²) in [6, 6.07) is 0. The van der Waals surface area contributed by atoms with Crippen LogP contribution in [0.5, 0.6) is 0 Å². The third kappa shape index (κ3) is 1.75. The Balaban J connectivity index is 2.52. The molecule has 0 aromatic carbocycles. The molecule has 2 aromatic heterocycles. The number of thiazole rings is 1. The molecule has 8 heteroatoms. The van der Waals surface area contributed by atoms with E-state index in [1.807, 2.05) is 0 Å². The van der Waals surface area contributed by atoms with E-state index in [4.69, 9.17) is 5.11 Å². The predicted octanol–water partition coefficient (Wildman–Crippen LogP) is 2.04. The molecular weight excluding hydrogens is 245 g/mol. The fourth-order valence-corrected chi connectivity index (χ4v) is 2.31. The fraction of sp³-hybridized carbons (Fsp3) is 0.250. The number of hydrogen-bond donors (Lipinski definition) is 1. The molecule has 2 heterocycles. The number of imidazole rings is 1. The number of aliphatic carboxylic acids is 1. The van der Waals surface area contributed by atoms with Crippen molar-refractivity contribution in [2.24, 2.45) is 0 Å². The van der Waals surface area contributed by atoms with Gasteiger partial charge in [0.2, 0.25) is 0 Å². The average molecular weight is 250 g/mol. The van der Waals surface area contributed by atoms with E-state index in [0.717, 1.165) is 22.1 Å². The maximum Gasteiger partial charge on any atom is 0.436 e. The highest BCUT2D eigenvalue weighted by atomic mass is 32.1. The number of carboxylic acid groups (broad SMARTS) is 1. The Kier molecular flexibility index (Phi) is 2.38. The van der Waals surface area contributed by atoms with Crippen LogP contribution in [0.4, 0.5) is 13.2 Å². The average Bonchev–Trinajstić information content (AvgIpc) is 2.65. The van der Waals surface area contributed by atoms with Crippen molar-refractivity contribution >= 4 is 22.1 Å². The van der Waals surface area contributed by atoms with Gasteiger partial charge in [-0.3, -0.25) is 9.20 Å². The van der Waals surface area contributed by atoms with E-state index in [2.05, 4.69) is 4.98 Å². The number of carbonyl (C=O) groups is 1. The molecule has 0 aliphatic carbocycles. The van der Waals surface area contributed by atoms with Crippen molar-refractivity contribution in [3.63, 3.8) is 0 Å². The molecule has 2 aromatic rings. The first-order valence-electron chi connectivity index (χ1n) is 4.12. The first-order chi connectivity index (χ1) is 7.39. The molecule has 0 saturated carbocycles. The van der Waals surface area contributed by atoms with Gasteiger partial charge in [-0.05, 0) is 0 Å². The molecule has 1 N–H and O–H groups in total. The molecule has 0 spiro atoms. The zero-order valence-electron chi connectivity index (χ0n) is 7.65. The Hall–Kier alpha value is -1.57. The van der Waals surface area contributed by atoms with E-state index in [-0.39, 0.29) is 16.9 Å². The maximum atomic E-state index is 12.4. The summed E-state index contributed by atoms with van der Waals surface area (Å²) in [7, 11) is 0. The number of carboxylic acids is 1. The lowest BCUT2D eigenvalue weighted by Crippen LogP contribution is -2.05. The molecular formula is C8H5F3N2O2S. The molecule has 16 heavy (non-hydrogen) atoms. The van der Waals surface area contributed by atoms with E-state index in [1.165, 1.54) is 5.38 Å². The first-order valence-corrected chi connectivity index (χ1v) is 5.00. The largest absolute Gasteiger partial charge is 0.481 e. The maximum absolute atomic E-state index is 12.4. The molecule has 2 rings (SSSR count). The minimum atomic E-state index is -4.51. The van der Waals surface area contributed by atoms with Gasteiger partial charge in [0.25, 0.3) is 0 Å². The third-order valence-corrected chi connectivity index (χ3v) is 2.94. The van der Waals surface area contributed by atoms with E-state index in [9.17, 15) is 18.0 Å². The SMILES string of the molecule is O=C(O)Cc1csc2c(C(F)(F)F)ncn12. The van der Waals surface area contributed by atoms with Crippen molar-refractivity contribution in [1.82, 2.24) is 9.38 Å². The van der Waals surface area contributed by atoms with Crippen LogP contribution < -0.4 is 0 Å². The molecule has 0 unspecified atom stereocenters. The van der Waals surface area contributed by atoms with Gasteiger partial charge in [-0.1, -0.05) is 0 Å². The number of aromatic nitrogens is 2. The molecule has 0 atom stereocenters. The summed E-state index contributed by atoms with van der Waals surface area (Å²) < 4.78 is 38.5. The van der Waals surface area contributed by atoms with Crippen molar-refractivity contribution in [2.45, 2.75) is 12.6 Å². The number of rotatable bonds is 2. The highest BCUT2D eigenvalue weighted by Gasteiger charge is 2.36. The van der Waals surface area contributed by atoms with Crippen molar-refractivity contribution in [1.29, 1.82) is 0 Å². The number of halogens is 3. The van der Waals surface area contributed by atoms with Crippen LogP contribution in [0.3, 0.4) is 0 Å². The van der Waals surface area contributed by atoms with Gasteiger partial charge in [0, 0.05) is 11.1 Å². The Morgan fingerprint density at radius 1 is 1.56 bits per heavy atom. The van der Waals surface area contributed by atoms with Gasteiger partial charge in [0.1, 0.15) is 11.2 Å². The van der Waals surface area contributed by atoms with Crippen molar-refractivity contribution in [3.05, 3.63) is 23.1 Å². The second-order valence-corrected chi connectivity index (χ2v) is 3.92. The Morgan fingerprint density at radius 3 is 2.81 bits per heavy atom. The fourth-order valence-electron chi connectivity index (χ4n) is 1.31. The van der Waals surface area contributed by atoms with Gasteiger partial charge in [0.05, 0.1) is 6.42 Å². The lowest BCUT2D eigenvalue weighted by atomic mass is 10.3. The number of hydrogen-bond acceptors (Lipinski definition) is 3. The Morgan fingerprint density at radius 2 is 2.25 bits per heavy atom. The smallest absolute Gasteiger partial charge is 0.436 e. The van der Waals surface area contributed by atoms with Crippen molar-refractivity contribution in [3.8, 4) is 0 Å². The Bertz CT molecular complexity index is 543. The molecule has 4 nitrogen and oxygen atoms in total. The van der Waals surface area contributed by atoms with E-state index in [1.54, 1.807) is 0 Å². The summed E-state index contributed by atoms with van der Waals surface area (Å²) in [6.45, 7) is 0. The highest BCUT2D eigenvalue weighted by molar-refractivity contribution is 7.15. The van der Waals surface area contributed by atoms with Crippen molar-refractivity contribution < 1.29 is 23.1 Å². The topological polar surface area (TPSA) is 54.6 Å². The minimum absolute atomic E-state index is 0.0799. The van der Waals surface area contributed by atoms with Gasteiger partial charge >= 0.3 is 12.1 Å². The Labute approximate surface area is 91.0 Å². The molecule has 0 aliphatic rings. The second-order valence-electron chi connectivity index (χ2n) is 3.06. The van der Waals surface area contributed by atoms with Crippen LogP contribution >= 0.6 is 11.3 Å². The summed E-state index contributed by atoms with van der Waals surface area (Å²) in [6.07, 6.45) is -3.85. The summed E-state index contributed by atoms with van der Waals surface area (Å²) in [5, 5.41) is 9.95. The minimum Gasteiger partial charge on any atom is -0.481 e. The van der Waals surface area contributed by atoms with Gasteiger partial charge in [-0.15, -0.1) is 11.3 Å². The monoisotopic (exact) mass is 250 g/mol. The molecule has 86 valence electrons. The first kappa shape index (κ1) is 10.9. The lowest BCUT2D eigenvalue weighted by molar-refractivity contribution is -0.139. The summed E-state index contributed by atoms with van der Waals surface area (Å²) in [4.78, 5) is 13.6. The standard InChI is InChI=1S/C8H5F3N2O2S/c9-8(10,11)6-7-13(3-12-6)4(2-16-7)1-5(14)15/h2-3H,1H2,(H,14,15). The lowest BCUT2D eigenvalue weighted by Gasteiger charge is -2.00. The molecule has 0 radical (unpaired) electrons. The van der Waals surface area contributed by atoms with Gasteiger partial charge < -0.3 is 5.11 Å². The van der Waals surface area contributed by atoms with Crippen LogP contribution in [-0.4, -0.2) is 20.5 Å². The highest BCUT2D eigenvalue weighted by Crippen LogP contribution is 2.34. The van der Waals surface area contributed by atoms with Crippen molar-refractivity contribution in [2.75, 3.05) is 0 Å². The van der Waals surface area contributed by atoms with Crippen LogP contribution in [-0.2, 0) is 17.4 Å². The quantitative estimate of drug-likeness (QED) is 0.887. The number of fused-ring (bicyclic) bond motifs is 1. The summed E-state index contributed by atoms with van der Waals surface area (Å²) in [5.41, 5.74) is -0.690. The molecule has 0 aliphatic heterocycles. The second kappa shape index (κ2) is 3.48. The van der Waals surface area contributed by atoms with Gasteiger partial charge in [0.15, 0.2) is 5.69 Å². The van der Waals surface area contributed by atoms with Crippen LogP contribution in [0.1, 0.15) is 11.4 Å². The van der Waals surface area contributed by atoms with Gasteiger partial charge in [-0.25, -0.2) is 4.98 Å². The van der Waals surface area contributed by atoms with E-state index < -0.39 is 17.8 Å². The molecule has 0 amide bonds. The van der Waals surface area contributed by atoms with E-state index >= 15 is 0 Å². The number of alkyl halides is 3.